The summed E-state index contributed by atoms with van der Waals surface area (Å²) in [4.78, 5) is 8.29. The van der Waals surface area contributed by atoms with Gasteiger partial charge in [0.2, 0.25) is 0 Å². The summed E-state index contributed by atoms with van der Waals surface area (Å²) in [7, 11) is 0. The van der Waals surface area contributed by atoms with Gasteiger partial charge in [-0.05, 0) is 32.2 Å². The van der Waals surface area contributed by atoms with Gasteiger partial charge in [0.15, 0.2) is 5.82 Å². The summed E-state index contributed by atoms with van der Waals surface area (Å²) in [5.74, 6) is 0.671. The summed E-state index contributed by atoms with van der Waals surface area (Å²) in [5.41, 5.74) is 7.13. The molecule has 0 saturated heterocycles. The van der Waals surface area contributed by atoms with Crippen molar-refractivity contribution in [2.45, 2.75) is 13.8 Å². The van der Waals surface area contributed by atoms with E-state index in [1.807, 2.05) is 19.9 Å². The number of rotatable bonds is 1. The van der Waals surface area contributed by atoms with E-state index in [9.17, 15) is 0 Å². The average Bonchev–Trinajstić information content (AvgIpc) is 1.85. The molecule has 0 bridgehead atoms. The molecule has 0 saturated carbocycles. The molecule has 1 aromatic rings. The van der Waals surface area contributed by atoms with Crippen molar-refractivity contribution in [3.8, 4) is 0 Å². The minimum absolute atomic E-state index is 0.671. The van der Waals surface area contributed by atoms with Gasteiger partial charge in [-0.25, -0.2) is 9.97 Å². The predicted octanol–water partition coefficient (Wildman–Crippen LogP) is 1.02. The molecule has 0 aliphatic heterocycles. The Morgan fingerprint density at radius 1 is 1.27 bits per heavy atom. The zero-order valence-electron chi connectivity index (χ0n) is 6.70. The zero-order valence-corrected chi connectivity index (χ0v) is 6.70. The first kappa shape index (κ1) is 7.72. The summed E-state index contributed by atoms with van der Waals surface area (Å²) < 4.78 is 0. The minimum Gasteiger partial charge on any atom is -0.404 e. The first-order chi connectivity index (χ1) is 5.22. The number of nitrogens with two attached hydrogens (primary N) is 1. The standard InChI is InChI=1S/C8H11N3/c1-6-5-7(2)11-8(10-6)3-4-9/h3-5H,9H2,1-2H3/b4-3-. The molecule has 3 heteroatoms. The zero-order chi connectivity index (χ0) is 8.27. The molecular formula is C8H11N3. The molecule has 1 aromatic heterocycles. The summed E-state index contributed by atoms with van der Waals surface area (Å²) in [5, 5.41) is 0. The molecule has 0 spiro atoms. The third-order valence-electron chi connectivity index (χ3n) is 1.24. The summed E-state index contributed by atoms with van der Waals surface area (Å²) >= 11 is 0. The van der Waals surface area contributed by atoms with E-state index in [-0.39, 0.29) is 0 Å². The van der Waals surface area contributed by atoms with E-state index in [1.54, 1.807) is 6.08 Å². The van der Waals surface area contributed by atoms with Gasteiger partial charge in [0.25, 0.3) is 0 Å². The Hall–Kier alpha value is -1.38. The van der Waals surface area contributed by atoms with Gasteiger partial charge in [-0.15, -0.1) is 0 Å². The van der Waals surface area contributed by atoms with E-state index in [4.69, 9.17) is 5.73 Å². The highest BCUT2D eigenvalue weighted by molar-refractivity contribution is 5.39. The van der Waals surface area contributed by atoms with E-state index < -0.39 is 0 Å². The molecule has 0 amide bonds. The van der Waals surface area contributed by atoms with Crippen LogP contribution in [0, 0.1) is 13.8 Å². The molecule has 0 aromatic carbocycles. The fraction of sp³-hybridized carbons (Fsp3) is 0.250. The Labute approximate surface area is 66.0 Å². The lowest BCUT2D eigenvalue weighted by molar-refractivity contribution is 1.03. The van der Waals surface area contributed by atoms with Crippen LogP contribution in [0.15, 0.2) is 12.3 Å². The van der Waals surface area contributed by atoms with Crippen LogP contribution < -0.4 is 5.73 Å². The monoisotopic (exact) mass is 149 g/mol. The topological polar surface area (TPSA) is 51.8 Å². The minimum atomic E-state index is 0.671. The van der Waals surface area contributed by atoms with Crippen molar-refractivity contribution in [3.05, 3.63) is 29.5 Å². The van der Waals surface area contributed by atoms with Crippen LogP contribution in [0.25, 0.3) is 6.08 Å². The van der Waals surface area contributed by atoms with Crippen molar-refractivity contribution < 1.29 is 0 Å². The van der Waals surface area contributed by atoms with E-state index in [0.717, 1.165) is 11.4 Å². The molecular weight excluding hydrogens is 138 g/mol. The molecule has 1 heterocycles. The fourth-order valence-corrected chi connectivity index (χ4v) is 0.914. The smallest absolute Gasteiger partial charge is 0.153 e. The molecule has 0 radical (unpaired) electrons. The van der Waals surface area contributed by atoms with Crippen LogP contribution in [0.4, 0.5) is 0 Å². The van der Waals surface area contributed by atoms with Crippen LogP contribution in [0.2, 0.25) is 0 Å². The molecule has 0 fully saturated rings. The molecule has 0 atom stereocenters. The highest BCUT2D eigenvalue weighted by Crippen LogP contribution is 1.99. The van der Waals surface area contributed by atoms with Crippen molar-refractivity contribution in [2.24, 2.45) is 5.73 Å². The summed E-state index contributed by atoms with van der Waals surface area (Å²) in [6.07, 6.45) is 3.12. The Kier molecular flexibility index (Phi) is 2.21. The van der Waals surface area contributed by atoms with Crippen molar-refractivity contribution in [2.75, 3.05) is 0 Å². The molecule has 11 heavy (non-hydrogen) atoms. The highest BCUT2D eigenvalue weighted by atomic mass is 14.9. The molecule has 3 nitrogen and oxygen atoms in total. The number of aryl methyl sites for hydroxylation is 2. The Morgan fingerprint density at radius 3 is 2.27 bits per heavy atom. The summed E-state index contributed by atoms with van der Waals surface area (Å²) in [6.45, 7) is 3.87. The fourth-order valence-electron chi connectivity index (χ4n) is 0.914. The SMILES string of the molecule is Cc1cc(C)nc(/C=C\N)n1. The number of hydrogen-bond acceptors (Lipinski definition) is 3. The lowest BCUT2D eigenvalue weighted by atomic mass is 10.3. The first-order valence-electron chi connectivity index (χ1n) is 3.43. The van der Waals surface area contributed by atoms with Crippen LogP contribution in [0.5, 0.6) is 0 Å². The highest BCUT2D eigenvalue weighted by Gasteiger charge is 1.93. The second-order valence-corrected chi connectivity index (χ2v) is 2.37. The van der Waals surface area contributed by atoms with Crippen molar-refractivity contribution >= 4 is 6.08 Å². The molecule has 0 unspecified atom stereocenters. The number of aromatic nitrogens is 2. The summed E-state index contributed by atoms with van der Waals surface area (Å²) in [6, 6.07) is 1.92. The van der Waals surface area contributed by atoms with Gasteiger partial charge in [-0.2, -0.15) is 0 Å². The Morgan fingerprint density at radius 2 is 1.82 bits per heavy atom. The van der Waals surface area contributed by atoms with Crippen LogP contribution in [-0.4, -0.2) is 9.97 Å². The maximum Gasteiger partial charge on any atom is 0.153 e. The van der Waals surface area contributed by atoms with Gasteiger partial charge >= 0.3 is 0 Å². The largest absolute Gasteiger partial charge is 0.404 e. The molecule has 2 N–H and O–H groups in total. The first-order valence-corrected chi connectivity index (χ1v) is 3.43. The van der Waals surface area contributed by atoms with Gasteiger partial charge in [0, 0.05) is 11.4 Å². The van der Waals surface area contributed by atoms with Crippen molar-refractivity contribution in [1.82, 2.24) is 9.97 Å². The van der Waals surface area contributed by atoms with Gasteiger partial charge in [0.05, 0.1) is 0 Å². The van der Waals surface area contributed by atoms with Gasteiger partial charge in [-0.3, -0.25) is 0 Å². The molecule has 58 valence electrons. The second-order valence-electron chi connectivity index (χ2n) is 2.37. The third-order valence-corrected chi connectivity index (χ3v) is 1.24. The van der Waals surface area contributed by atoms with E-state index >= 15 is 0 Å². The van der Waals surface area contributed by atoms with Crippen molar-refractivity contribution in [1.29, 1.82) is 0 Å². The van der Waals surface area contributed by atoms with E-state index in [0.29, 0.717) is 5.82 Å². The van der Waals surface area contributed by atoms with Crippen LogP contribution in [0.1, 0.15) is 17.2 Å². The van der Waals surface area contributed by atoms with Crippen molar-refractivity contribution in [3.63, 3.8) is 0 Å². The molecule has 1 rings (SSSR count). The Bertz CT molecular complexity index is 258. The molecule has 0 aliphatic carbocycles. The van der Waals surface area contributed by atoms with E-state index in [1.165, 1.54) is 6.20 Å². The average molecular weight is 149 g/mol. The second kappa shape index (κ2) is 3.14. The van der Waals surface area contributed by atoms with Gasteiger partial charge in [0.1, 0.15) is 0 Å². The quantitative estimate of drug-likeness (QED) is 0.648. The number of nitrogens with zero attached hydrogens (tertiary/aromatic N) is 2. The predicted molar refractivity (Wildman–Crippen MR) is 44.7 cm³/mol. The third kappa shape index (κ3) is 2.04. The maximum absolute atomic E-state index is 5.20. The van der Waals surface area contributed by atoms with Crippen LogP contribution >= 0.6 is 0 Å². The van der Waals surface area contributed by atoms with Crippen LogP contribution in [-0.2, 0) is 0 Å². The van der Waals surface area contributed by atoms with Gasteiger partial charge < -0.3 is 5.73 Å². The van der Waals surface area contributed by atoms with E-state index in [2.05, 4.69) is 9.97 Å². The Balaban J connectivity index is 3.08. The van der Waals surface area contributed by atoms with Gasteiger partial charge in [-0.1, -0.05) is 0 Å². The normalized spacial score (nSPS) is 10.7. The number of hydrogen-bond donors (Lipinski definition) is 1. The van der Waals surface area contributed by atoms with Crippen LogP contribution in [0.3, 0.4) is 0 Å². The lowest BCUT2D eigenvalue weighted by Crippen LogP contribution is -1.93. The maximum atomic E-state index is 5.20. The lowest BCUT2D eigenvalue weighted by Gasteiger charge is -1.96. The molecule has 0 aliphatic rings.